The number of nitrogens with one attached hydrogen (secondary N) is 1. The average molecular weight is 330 g/mol. The van der Waals surface area contributed by atoms with Crippen LogP contribution in [0.2, 0.25) is 0 Å². The van der Waals surface area contributed by atoms with Gasteiger partial charge in [0.25, 0.3) is 0 Å². The number of rotatable bonds is 6. The fourth-order valence-electron chi connectivity index (χ4n) is 3.28. The molecule has 0 radical (unpaired) electrons. The predicted octanol–water partition coefficient (Wildman–Crippen LogP) is 0.956. The second-order valence-corrected chi connectivity index (χ2v) is 6.47. The largest absolute Gasteiger partial charge is 0.481 e. The Morgan fingerprint density at radius 2 is 2.21 bits per heavy atom. The number of carboxylic acids is 1. The van der Waals surface area contributed by atoms with Gasteiger partial charge in [-0.3, -0.25) is 9.69 Å². The summed E-state index contributed by atoms with van der Waals surface area (Å²) in [7, 11) is 3.92. The van der Waals surface area contributed by atoms with Crippen molar-refractivity contribution >= 4 is 11.8 Å². The number of pyridine rings is 1. The monoisotopic (exact) mass is 330 g/mol. The van der Waals surface area contributed by atoms with E-state index in [0.29, 0.717) is 0 Å². The van der Waals surface area contributed by atoms with E-state index in [0.717, 1.165) is 36.7 Å². The molecule has 8 nitrogen and oxygen atoms in total. The number of hydrogen-bond donors (Lipinski definition) is 2. The standard InChI is InChI=1S/C16H22N6O2/c1-21(2)15-4-3-11(6-17-15)8-22-9-12(5-16(23)24)13(10-22)14-7-18-20-19-14/h3-4,6-7,12-13H,5,8-10H2,1-2H3,(H,23,24)(H,18,19,20)/t12-,13+/m1/s1. The average Bonchev–Trinajstić information content (AvgIpc) is 3.17. The highest BCUT2D eigenvalue weighted by molar-refractivity contribution is 5.67. The molecule has 1 saturated heterocycles. The number of hydrogen-bond acceptors (Lipinski definition) is 6. The van der Waals surface area contributed by atoms with E-state index < -0.39 is 5.97 Å². The second-order valence-electron chi connectivity index (χ2n) is 6.47. The lowest BCUT2D eigenvalue weighted by atomic mass is 9.91. The van der Waals surface area contributed by atoms with Crippen LogP contribution in [0.25, 0.3) is 0 Å². The Balaban J connectivity index is 1.69. The van der Waals surface area contributed by atoms with Crippen molar-refractivity contribution in [1.82, 2.24) is 25.3 Å². The highest BCUT2D eigenvalue weighted by atomic mass is 16.4. The molecule has 2 atom stereocenters. The van der Waals surface area contributed by atoms with Crippen LogP contribution in [0.15, 0.2) is 24.5 Å². The van der Waals surface area contributed by atoms with Crippen LogP contribution in [0.1, 0.15) is 23.6 Å². The molecule has 1 fully saturated rings. The normalized spacial score (nSPS) is 21.1. The third-order valence-electron chi connectivity index (χ3n) is 4.44. The number of likely N-dealkylation sites (tertiary alicyclic amines) is 1. The van der Waals surface area contributed by atoms with Crippen molar-refractivity contribution in [3.63, 3.8) is 0 Å². The van der Waals surface area contributed by atoms with Crippen LogP contribution in [0.4, 0.5) is 5.82 Å². The molecule has 2 aromatic heterocycles. The number of aromatic nitrogens is 4. The van der Waals surface area contributed by atoms with E-state index in [4.69, 9.17) is 0 Å². The van der Waals surface area contributed by atoms with Crippen LogP contribution in [-0.4, -0.2) is 63.6 Å². The van der Waals surface area contributed by atoms with E-state index in [1.54, 1.807) is 6.20 Å². The minimum absolute atomic E-state index is 0.0432. The Kier molecular flexibility index (Phi) is 4.75. The van der Waals surface area contributed by atoms with Crippen LogP contribution in [0.5, 0.6) is 0 Å². The molecule has 0 bridgehead atoms. The van der Waals surface area contributed by atoms with Crippen LogP contribution in [-0.2, 0) is 11.3 Å². The fourth-order valence-corrected chi connectivity index (χ4v) is 3.28. The molecule has 3 rings (SSSR count). The van der Waals surface area contributed by atoms with Gasteiger partial charge in [0.1, 0.15) is 5.82 Å². The third kappa shape index (κ3) is 3.70. The molecule has 3 heterocycles. The zero-order valence-corrected chi connectivity index (χ0v) is 13.9. The molecule has 0 saturated carbocycles. The Morgan fingerprint density at radius 3 is 2.79 bits per heavy atom. The summed E-state index contributed by atoms with van der Waals surface area (Å²) < 4.78 is 0. The maximum Gasteiger partial charge on any atom is 0.303 e. The van der Waals surface area contributed by atoms with Crippen LogP contribution >= 0.6 is 0 Å². The van der Waals surface area contributed by atoms with Crippen molar-refractivity contribution in [3.05, 3.63) is 35.8 Å². The molecule has 8 heteroatoms. The molecule has 0 spiro atoms. The first-order valence-electron chi connectivity index (χ1n) is 7.95. The molecular weight excluding hydrogens is 308 g/mol. The van der Waals surface area contributed by atoms with Gasteiger partial charge in [-0.25, -0.2) is 4.98 Å². The Morgan fingerprint density at radius 1 is 1.38 bits per heavy atom. The summed E-state index contributed by atoms with van der Waals surface area (Å²) in [6.45, 7) is 2.27. The van der Waals surface area contributed by atoms with Gasteiger partial charge in [-0.2, -0.15) is 15.4 Å². The molecule has 0 amide bonds. The third-order valence-corrected chi connectivity index (χ3v) is 4.44. The Hall–Kier alpha value is -2.48. The van der Waals surface area contributed by atoms with E-state index in [1.165, 1.54) is 0 Å². The number of carboxylic acid groups (broad SMARTS) is 1. The van der Waals surface area contributed by atoms with Gasteiger partial charge >= 0.3 is 5.97 Å². The van der Waals surface area contributed by atoms with E-state index in [2.05, 4.69) is 31.4 Å². The van der Waals surface area contributed by atoms with Crippen molar-refractivity contribution in [2.75, 3.05) is 32.1 Å². The van der Waals surface area contributed by atoms with E-state index in [1.807, 2.05) is 31.3 Å². The minimum Gasteiger partial charge on any atom is -0.481 e. The zero-order chi connectivity index (χ0) is 17.1. The number of nitrogens with zero attached hydrogens (tertiary/aromatic N) is 5. The van der Waals surface area contributed by atoms with E-state index in [9.17, 15) is 9.90 Å². The molecule has 24 heavy (non-hydrogen) atoms. The summed E-state index contributed by atoms with van der Waals surface area (Å²) in [6.07, 6.45) is 3.72. The first-order valence-corrected chi connectivity index (χ1v) is 7.95. The smallest absolute Gasteiger partial charge is 0.303 e. The van der Waals surface area contributed by atoms with Crippen molar-refractivity contribution in [2.24, 2.45) is 5.92 Å². The van der Waals surface area contributed by atoms with Gasteiger partial charge in [0, 0.05) is 45.8 Å². The summed E-state index contributed by atoms with van der Waals surface area (Å²) in [5.74, 6) is 0.284. The summed E-state index contributed by atoms with van der Waals surface area (Å²) in [6, 6.07) is 4.06. The highest BCUT2D eigenvalue weighted by Crippen LogP contribution is 2.34. The Labute approximate surface area is 140 Å². The maximum absolute atomic E-state index is 11.2. The molecule has 0 aromatic carbocycles. The van der Waals surface area contributed by atoms with Gasteiger partial charge in [0.05, 0.1) is 18.3 Å². The zero-order valence-electron chi connectivity index (χ0n) is 13.9. The molecule has 2 N–H and O–H groups in total. The van der Waals surface area contributed by atoms with Crippen LogP contribution in [0.3, 0.4) is 0 Å². The van der Waals surface area contributed by atoms with Crippen LogP contribution in [0, 0.1) is 5.92 Å². The molecule has 0 aliphatic carbocycles. The highest BCUT2D eigenvalue weighted by Gasteiger charge is 2.36. The van der Waals surface area contributed by atoms with Crippen molar-refractivity contribution in [1.29, 1.82) is 0 Å². The molecule has 128 valence electrons. The SMILES string of the molecule is CN(C)c1ccc(CN2C[C@@H](CC(=O)O)[C@@H](c3cn[nH]n3)C2)cn1. The van der Waals surface area contributed by atoms with Gasteiger partial charge in [-0.15, -0.1) is 0 Å². The summed E-state index contributed by atoms with van der Waals surface area (Å²) in [4.78, 5) is 19.8. The number of anilines is 1. The topological polar surface area (TPSA) is 98.2 Å². The minimum atomic E-state index is -0.771. The number of carbonyl (C=O) groups is 1. The first kappa shape index (κ1) is 16.4. The van der Waals surface area contributed by atoms with Crippen molar-refractivity contribution in [3.8, 4) is 0 Å². The van der Waals surface area contributed by atoms with Crippen LogP contribution < -0.4 is 4.90 Å². The van der Waals surface area contributed by atoms with Gasteiger partial charge in [0.15, 0.2) is 0 Å². The van der Waals surface area contributed by atoms with Gasteiger partial charge in [-0.1, -0.05) is 6.07 Å². The molecular formula is C16H22N6O2. The summed E-state index contributed by atoms with van der Waals surface area (Å²) in [5, 5.41) is 19.8. The number of aliphatic carboxylic acids is 1. The fraction of sp³-hybridized carbons (Fsp3) is 0.500. The van der Waals surface area contributed by atoms with Gasteiger partial charge in [0.2, 0.25) is 0 Å². The maximum atomic E-state index is 11.2. The molecule has 1 aliphatic heterocycles. The first-order chi connectivity index (χ1) is 11.5. The van der Waals surface area contributed by atoms with Crippen molar-refractivity contribution < 1.29 is 9.90 Å². The van der Waals surface area contributed by atoms with E-state index >= 15 is 0 Å². The van der Waals surface area contributed by atoms with Gasteiger partial charge < -0.3 is 10.0 Å². The molecule has 1 aliphatic rings. The second kappa shape index (κ2) is 6.96. The lowest BCUT2D eigenvalue weighted by molar-refractivity contribution is -0.138. The predicted molar refractivity (Wildman–Crippen MR) is 88.7 cm³/mol. The van der Waals surface area contributed by atoms with Crippen molar-refractivity contribution in [2.45, 2.75) is 18.9 Å². The molecule has 0 unspecified atom stereocenters. The Bertz CT molecular complexity index is 670. The quantitative estimate of drug-likeness (QED) is 0.814. The lowest BCUT2D eigenvalue weighted by Gasteiger charge is -2.16. The number of aromatic amines is 1. The summed E-state index contributed by atoms with van der Waals surface area (Å²) >= 11 is 0. The lowest BCUT2D eigenvalue weighted by Crippen LogP contribution is -2.21. The van der Waals surface area contributed by atoms with Gasteiger partial charge in [-0.05, 0) is 17.5 Å². The molecule has 2 aromatic rings. The number of H-pyrrole nitrogens is 1. The van der Waals surface area contributed by atoms with E-state index in [-0.39, 0.29) is 18.3 Å². The summed E-state index contributed by atoms with van der Waals surface area (Å²) in [5.41, 5.74) is 1.96.